The number of hydrazine groups is 2. The van der Waals surface area contributed by atoms with Crippen molar-refractivity contribution in [3.8, 4) is 0 Å². The van der Waals surface area contributed by atoms with E-state index < -0.39 is 0 Å². The second-order valence-electron chi connectivity index (χ2n) is 9.11. The number of fused-ring (bicyclic) bond motifs is 2. The lowest BCUT2D eigenvalue weighted by Crippen LogP contribution is -2.56. The van der Waals surface area contributed by atoms with Crippen molar-refractivity contribution in [1.82, 2.24) is 36.6 Å². The maximum Gasteiger partial charge on any atom is 0.326 e. The van der Waals surface area contributed by atoms with Crippen LogP contribution in [0.1, 0.15) is 38.5 Å². The minimum atomic E-state index is -0.257. The highest BCUT2D eigenvalue weighted by Gasteiger charge is 2.26. The number of nitrogens with zero attached hydrogens (tertiary/aromatic N) is 3. The first-order valence-electron chi connectivity index (χ1n) is 12.9. The molecule has 3 saturated heterocycles. The van der Waals surface area contributed by atoms with Crippen LogP contribution in [0, 0.1) is 0 Å². The molecule has 2 atom stereocenters. The van der Waals surface area contributed by atoms with Crippen LogP contribution in [-0.4, -0.2) is 118 Å². The fraction of sp³-hybridized carbons (Fsp3) is 0.955. The molecule has 0 amide bonds. The van der Waals surface area contributed by atoms with Crippen LogP contribution in [0.3, 0.4) is 0 Å². The summed E-state index contributed by atoms with van der Waals surface area (Å²) >= 11 is 0. The first-order chi connectivity index (χ1) is 16.3. The van der Waals surface area contributed by atoms with Crippen LogP contribution in [0.25, 0.3) is 0 Å². The van der Waals surface area contributed by atoms with Gasteiger partial charge in [0.05, 0.1) is 19.6 Å². The quantitative estimate of drug-likeness (QED) is 0.336. The SMILES string of the molecule is NCCC(=O)ON1CCNCCN2NCCCC2CNCCOCCCN2NCCCC2C1. The molecule has 3 aliphatic rings. The number of carbonyl (C=O) groups is 1. The Labute approximate surface area is 198 Å². The number of hydrogen-bond acceptors (Lipinski definition) is 11. The minimum absolute atomic E-state index is 0.240. The van der Waals surface area contributed by atoms with E-state index in [1.54, 1.807) is 0 Å². The van der Waals surface area contributed by atoms with Crippen molar-refractivity contribution >= 4 is 5.97 Å². The Balaban J connectivity index is 1.56. The zero-order valence-corrected chi connectivity index (χ0v) is 20.2. The van der Waals surface area contributed by atoms with Crippen molar-refractivity contribution in [3.63, 3.8) is 0 Å². The number of hydrogen-bond donors (Lipinski definition) is 5. The van der Waals surface area contributed by atoms with E-state index >= 15 is 0 Å². The molecule has 11 heteroatoms. The van der Waals surface area contributed by atoms with Gasteiger partial charge >= 0.3 is 5.97 Å². The fourth-order valence-electron chi connectivity index (χ4n) is 4.71. The highest BCUT2D eigenvalue weighted by Crippen LogP contribution is 2.13. The number of nitrogens with two attached hydrogens (primary N) is 1. The lowest BCUT2D eigenvalue weighted by Gasteiger charge is -2.38. The molecular formula is C22H46N8O3. The third-order valence-corrected chi connectivity index (χ3v) is 6.49. The molecule has 33 heavy (non-hydrogen) atoms. The van der Waals surface area contributed by atoms with Gasteiger partial charge in [-0.25, -0.2) is 10.0 Å². The van der Waals surface area contributed by atoms with Crippen molar-refractivity contribution in [2.75, 3.05) is 85.2 Å². The van der Waals surface area contributed by atoms with Gasteiger partial charge in [-0.2, -0.15) is 0 Å². The number of rotatable bonds is 3. The van der Waals surface area contributed by atoms with E-state index in [2.05, 4.69) is 31.5 Å². The molecule has 0 aromatic rings. The molecule has 0 aliphatic carbocycles. The summed E-state index contributed by atoms with van der Waals surface area (Å²) in [5.41, 5.74) is 12.6. The largest absolute Gasteiger partial charge is 0.380 e. The van der Waals surface area contributed by atoms with Crippen LogP contribution in [0.4, 0.5) is 0 Å². The molecule has 3 fully saturated rings. The van der Waals surface area contributed by atoms with Gasteiger partial charge in [0.25, 0.3) is 0 Å². The third kappa shape index (κ3) is 10.1. The Hall–Kier alpha value is -0.890. The standard InChI is InChI=1S/C22H46N8O3/c23-7-6-22(31)33-28-14-10-24-11-15-30-20(4-1-8-27-30)18-25-12-17-32-16-3-13-29-21(19-28)5-2-9-26-29/h20-21,24-27H,1-19,23H2. The molecule has 0 spiro atoms. The maximum absolute atomic E-state index is 12.2. The molecule has 0 aromatic carbocycles. The zero-order chi connectivity index (χ0) is 23.1. The lowest BCUT2D eigenvalue weighted by molar-refractivity contribution is -0.195. The molecule has 11 nitrogen and oxygen atoms in total. The van der Waals surface area contributed by atoms with E-state index in [4.69, 9.17) is 15.3 Å². The van der Waals surface area contributed by atoms with Gasteiger partial charge < -0.3 is 25.9 Å². The Morgan fingerprint density at radius 2 is 1.64 bits per heavy atom. The van der Waals surface area contributed by atoms with Crippen molar-refractivity contribution in [1.29, 1.82) is 0 Å². The molecule has 0 saturated carbocycles. The number of nitrogens with one attached hydrogen (secondary N) is 4. The minimum Gasteiger partial charge on any atom is -0.380 e. The third-order valence-electron chi connectivity index (χ3n) is 6.49. The molecule has 0 aromatic heterocycles. The van der Waals surface area contributed by atoms with Gasteiger partial charge in [0, 0.05) is 84.1 Å². The molecule has 3 heterocycles. The summed E-state index contributed by atoms with van der Waals surface area (Å²) in [5.74, 6) is -0.257. The predicted octanol–water partition coefficient (Wildman–Crippen LogP) is -1.37. The van der Waals surface area contributed by atoms with Crippen molar-refractivity contribution in [2.45, 2.75) is 50.6 Å². The summed E-state index contributed by atoms with van der Waals surface area (Å²) < 4.78 is 5.87. The van der Waals surface area contributed by atoms with E-state index in [1.807, 2.05) is 5.06 Å². The van der Waals surface area contributed by atoms with E-state index in [-0.39, 0.29) is 12.4 Å². The van der Waals surface area contributed by atoms with Gasteiger partial charge in [0.15, 0.2) is 0 Å². The van der Waals surface area contributed by atoms with Gasteiger partial charge in [-0.15, -0.1) is 5.06 Å². The molecule has 6 N–H and O–H groups in total. The van der Waals surface area contributed by atoms with Crippen molar-refractivity contribution in [2.24, 2.45) is 5.73 Å². The maximum atomic E-state index is 12.2. The van der Waals surface area contributed by atoms with Gasteiger partial charge in [-0.1, -0.05) is 0 Å². The predicted molar refractivity (Wildman–Crippen MR) is 128 cm³/mol. The lowest BCUT2D eigenvalue weighted by atomic mass is 10.1. The van der Waals surface area contributed by atoms with Gasteiger partial charge in [0.1, 0.15) is 0 Å². The molecule has 2 unspecified atom stereocenters. The second-order valence-corrected chi connectivity index (χ2v) is 9.11. The summed E-state index contributed by atoms with van der Waals surface area (Å²) in [4.78, 5) is 17.8. The highest BCUT2D eigenvalue weighted by atomic mass is 16.7. The number of hydroxylamine groups is 2. The number of ether oxygens (including phenoxy) is 1. The molecule has 3 rings (SSSR count). The molecule has 192 valence electrons. The van der Waals surface area contributed by atoms with Gasteiger partial charge in [-0.3, -0.25) is 15.6 Å². The van der Waals surface area contributed by atoms with Crippen LogP contribution in [-0.2, 0) is 14.4 Å². The van der Waals surface area contributed by atoms with Gasteiger partial charge in [0.2, 0.25) is 0 Å². The summed E-state index contributed by atoms with van der Waals surface area (Å²) in [5, 5.41) is 13.6. The molecule has 3 aliphatic heterocycles. The Morgan fingerprint density at radius 1 is 0.879 bits per heavy atom. The first-order valence-corrected chi connectivity index (χ1v) is 12.9. The van der Waals surface area contributed by atoms with Crippen LogP contribution >= 0.6 is 0 Å². The zero-order valence-electron chi connectivity index (χ0n) is 20.2. The summed E-state index contributed by atoms with van der Waals surface area (Å²) in [7, 11) is 0. The monoisotopic (exact) mass is 470 g/mol. The molecule has 0 bridgehead atoms. The first kappa shape index (κ1) is 26.7. The fourth-order valence-corrected chi connectivity index (χ4v) is 4.71. The van der Waals surface area contributed by atoms with E-state index in [1.165, 1.54) is 12.8 Å². The summed E-state index contributed by atoms with van der Waals surface area (Å²) in [6, 6.07) is 0.796. The van der Waals surface area contributed by atoms with Crippen LogP contribution < -0.4 is 27.2 Å². The van der Waals surface area contributed by atoms with Crippen LogP contribution in [0.15, 0.2) is 0 Å². The van der Waals surface area contributed by atoms with E-state index in [0.29, 0.717) is 31.7 Å². The Kier molecular flexibility index (Phi) is 12.9. The Morgan fingerprint density at radius 3 is 2.45 bits per heavy atom. The van der Waals surface area contributed by atoms with Crippen LogP contribution in [0.5, 0.6) is 0 Å². The van der Waals surface area contributed by atoms with E-state index in [0.717, 1.165) is 84.8 Å². The molecular weight excluding hydrogens is 424 g/mol. The van der Waals surface area contributed by atoms with Gasteiger partial charge in [-0.05, 0) is 32.1 Å². The highest BCUT2D eigenvalue weighted by molar-refractivity contribution is 5.69. The van der Waals surface area contributed by atoms with Crippen molar-refractivity contribution in [3.05, 3.63) is 0 Å². The van der Waals surface area contributed by atoms with E-state index in [9.17, 15) is 4.79 Å². The van der Waals surface area contributed by atoms with Crippen molar-refractivity contribution < 1.29 is 14.4 Å². The second kappa shape index (κ2) is 15.9. The number of carbonyl (C=O) groups excluding carboxylic acids is 1. The normalized spacial score (nSPS) is 29.1. The smallest absolute Gasteiger partial charge is 0.326 e. The summed E-state index contributed by atoms with van der Waals surface area (Å²) in [6.45, 7) is 10.5. The molecule has 0 radical (unpaired) electrons. The Bertz CT molecular complexity index is 544. The topological polar surface area (TPSA) is 119 Å². The van der Waals surface area contributed by atoms with Crippen LogP contribution in [0.2, 0.25) is 0 Å². The average molecular weight is 471 g/mol. The summed E-state index contributed by atoms with van der Waals surface area (Å²) in [6.07, 6.45) is 5.83. The average Bonchev–Trinajstić information content (AvgIpc) is 2.82.